The number of ether oxygens (including phenoxy) is 2. The van der Waals surface area contributed by atoms with E-state index in [2.05, 4.69) is 15.6 Å². The molecular weight excluding hydrogens is 358 g/mol. The Morgan fingerprint density at radius 1 is 1.14 bits per heavy atom. The lowest BCUT2D eigenvalue weighted by molar-refractivity contribution is -0.122. The maximum atomic E-state index is 12.6. The third-order valence-corrected chi connectivity index (χ3v) is 4.40. The second-order valence-electron chi connectivity index (χ2n) is 6.37. The van der Waals surface area contributed by atoms with Gasteiger partial charge in [0.1, 0.15) is 11.5 Å². The van der Waals surface area contributed by atoms with Crippen molar-refractivity contribution in [2.24, 2.45) is 0 Å². The standard InChI is InChI=1S/C21H23N3O4/c1-5-26-17-11-9-16(10-12-17)19-20(24-28-23-19)22-21(25)15(4)27-18-8-6-7-13(2)14(18)3/h6-12,15H,5H2,1-4H3,(H,22,24,25)/t15-/m1/s1. The predicted molar refractivity (Wildman–Crippen MR) is 106 cm³/mol. The van der Waals surface area contributed by atoms with Crippen molar-refractivity contribution >= 4 is 11.7 Å². The fourth-order valence-corrected chi connectivity index (χ4v) is 2.65. The van der Waals surface area contributed by atoms with E-state index in [9.17, 15) is 4.79 Å². The van der Waals surface area contributed by atoms with Crippen molar-refractivity contribution < 1.29 is 18.9 Å². The predicted octanol–water partition coefficient (Wildman–Crippen LogP) is 4.16. The highest BCUT2D eigenvalue weighted by Crippen LogP contribution is 2.27. The van der Waals surface area contributed by atoms with Crippen LogP contribution in [0, 0.1) is 13.8 Å². The molecule has 0 aliphatic carbocycles. The number of carbonyl (C=O) groups excluding carboxylic acids is 1. The lowest BCUT2D eigenvalue weighted by atomic mass is 10.1. The van der Waals surface area contributed by atoms with Crippen LogP contribution in [-0.4, -0.2) is 28.9 Å². The Hall–Kier alpha value is -3.35. The number of aryl methyl sites for hydroxylation is 1. The van der Waals surface area contributed by atoms with Crippen LogP contribution in [0.5, 0.6) is 11.5 Å². The molecule has 146 valence electrons. The molecule has 0 saturated heterocycles. The van der Waals surface area contributed by atoms with Gasteiger partial charge in [0.2, 0.25) is 5.82 Å². The Kier molecular flexibility index (Phi) is 5.93. The summed E-state index contributed by atoms with van der Waals surface area (Å²) < 4.78 is 16.1. The summed E-state index contributed by atoms with van der Waals surface area (Å²) in [7, 11) is 0. The number of aromatic nitrogens is 2. The van der Waals surface area contributed by atoms with E-state index in [1.807, 2.05) is 63.2 Å². The van der Waals surface area contributed by atoms with Gasteiger partial charge in [-0.2, -0.15) is 0 Å². The Bertz CT molecular complexity index is 951. The first-order valence-electron chi connectivity index (χ1n) is 9.09. The third kappa shape index (κ3) is 4.31. The molecule has 1 amide bonds. The smallest absolute Gasteiger partial charge is 0.266 e. The van der Waals surface area contributed by atoms with E-state index in [1.54, 1.807) is 6.92 Å². The summed E-state index contributed by atoms with van der Waals surface area (Å²) in [6.45, 7) is 8.15. The molecule has 7 heteroatoms. The third-order valence-electron chi connectivity index (χ3n) is 4.40. The first-order chi connectivity index (χ1) is 13.5. The quantitative estimate of drug-likeness (QED) is 0.661. The number of anilines is 1. The van der Waals surface area contributed by atoms with Crippen LogP contribution in [0.3, 0.4) is 0 Å². The van der Waals surface area contributed by atoms with Gasteiger partial charge in [0, 0.05) is 5.56 Å². The zero-order valence-corrected chi connectivity index (χ0v) is 16.4. The summed E-state index contributed by atoms with van der Waals surface area (Å²) in [6.07, 6.45) is -0.717. The zero-order valence-electron chi connectivity index (χ0n) is 16.4. The van der Waals surface area contributed by atoms with Crippen molar-refractivity contribution in [3.05, 3.63) is 53.6 Å². The van der Waals surface area contributed by atoms with Crippen molar-refractivity contribution in [3.8, 4) is 22.8 Å². The van der Waals surface area contributed by atoms with Gasteiger partial charge in [-0.1, -0.05) is 12.1 Å². The molecular formula is C21H23N3O4. The van der Waals surface area contributed by atoms with Crippen molar-refractivity contribution in [1.82, 2.24) is 10.3 Å². The highest BCUT2D eigenvalue weighted by Gasteiger charge is 2.21. The molecule has 0 saturated carbocycles. The van der Waals surface area contributed by atoms with Gasteiger partial charge in [-0.25, -0.2) is 4.63 Å². The number of hydrogen-bond acceptors (Lipinski definition) is 6. The lowest BCUT2D eigenvalue weighted by Gasteiger charge is -2.16. The maximum Gasteiger partial charge on any atom is 0.266 e. The van der Waals surface area contributed by atoms with Crippen molar-refractivity contribution in [3.63, 3.8) is 0 Å². The van der Waals surface area contributed by atoms with Gasteiger partial charge >= 0.3 is 0 Å². The molecule has 0 spiro atoms. The van der Waals surface area contributed by atoms with E-state index >= 15 is 0 Å². The first kappa shape index (κ1) is 19.4. The molecule has 1 aromatic heterocycles. The van der Waals surface area contributed by atoms with Crippen molar-refractivity contribution in [1.29, 1.82) is 0 Å². The molecule has 0 unspecified atom stereocenters. The molecule has 0 aliphatic rings. The lowest BCUT2D eigenvalue weighted by Crippen LogP contribution is -2.30. The van der Waals surface area contributed by atoms with E-state index < -0.39 is 6.10 Å². The molecule has 1 N–H and O–H groups in total. The van der Waals surface area contributed by atoms with Crippen LogP contribution in [-0.2, 0) is 4.79 Å². The van der Waals surface area contributed by atoms with E-state index in [4.69, 9.17) is 14.1 Å². The van der Waals surface area contributed by atoms with Gasteiger partial charge in [-0.15, -0.1) is 0 Å². The number of nitrogens with one attached hydrogen (secondary N) is 1. The van der Waals surface area contributed by atoms with Crippen LogP contribution in [0.4, 0.5) is 5.82 Å². The summed E-state index contributed by atoms with van der Waals surface area (Å²) >= 11 is 0. The molecule has 1 atom stereocenters. The molecule has 28 heavy (non-hydrogen) atoms. The van der Waals surface area contributed by atoms with Crippen molar-refractivity contribution in [2.45, 2.75) is 33.8 Å². The van der Waals surface area contributed by atoms with E-state index in [0.717, 1.165) is 22.4 Å². The number of carbonyl (C=O) groups is 1. The molecule has 0 aliphatic heterocycles. The van der Waals surface area contributed by atoms with Crippen LogP contribution in [0.2, 0.25) is 0 Å². The first-order valence-corrected chi connectivity index (χ1v) is 9.09. The van der Waals surface area contributed by atoms with Gasteiger partial charge < -0.3 is 14.8 Å². The molecule has 0 bridgehead atoms. The van der Waals surface area contributed by atoms with E-state index in [1.165, 1.54) is 0 Å². The number of benzene rings is 2. The second-order valence-corrected chi connectivity index (χ2v) is 6.37. The summed E-state index contributed by atoms with van der Waals surface area (Å²) in [5.74, 6) is 1.32. The highest BCUT2D eigenvalue weighted by molar-refractivity contribution is 5.96. The zero-order chi connectivity index (χ0) is 20.1. The molecule has 0 fully saturated rings. The Morgan fingerprint density at radius 2 is 1.89 bits per heavy atom. The molecule has 3 aromatic rings. The van der Waals surface area contributed by atoms with Crippen LogP contribution in [0.1, 0.15) is 25.0 Å². The maximum absolute atomic E-state index is 12.6. The molecule has 7 nitrogen and oxygen atoms in total. The topological polar surface area (TPSA) is 86.5 Å². The fourth-order valence-electron chi connectivity index (χ4n) is 2.65. The van der Waals surface area contributed by atoms with Crippen LogP contribution >= 0.6 is 0 Å². The second kappa shape index (κ2) is 8.56. The highest BCUT2D eigenvalue weighted by atomic mass is 16.6. The van der Waals surface area contributed by atoms with Crippen LogP contribution < -0.4 is 14.8 Å². The molecule has 1 heterocycles. The Labute approximate surface area is 163 Å². The average molecular weight is 381 g/mol. The van der Waals surface area contributed by atoms with Gasteiger partial charge in [0.15, 0.2) is 11.8 Å². The van der Waals surface area contributed by atoms with Gasteiger partial charge in [-0.3, -0.25) is 4.79 Å². The minimum Gasteiger partial charge on any atom is -0.494 e. The normalized spacial score (nSPS) is 11.7. The summed E-state index contributed by atoms with van der Waals surface area (Å²) in [5.41, 5.74) is 3.29. The van der Waals surface area contributed by atoms with Crippen molar-refractivity contribution in [2.75, 3.05) is 11.9 Å². The van der Waals surface area contributed by atoms with Gasteiger partial charge in [-0.05, 0) is 79.5 Å². The molecule has 0 radical (unpaired) electrons. The Balaban J connectivity index is 1.71. The SMILES string of the molecule is CCOc1ccc(-c2nonc2NC(=O)[C@@H](C)Oc2cccc(C)c2C)cc1. The number of amides is 1. The molecule has 2 aromatic carbocycles. The van der Waals surface area contributed by atoms with E-state index in [-0.39, 0.29) is 11.7 Å². The molecule has 3 rings (SSSR count). The minimum absolute atomic E-state index is 0.241. The number of rotatable bonds is 7. The van der Waals surface area contributed by atoms with Gasteiger partial charge in [0.25, 0.3) is 5.91 Å². The monoisotopic (exact) mass is 381 g/mol. The van der Waals surface area contributed by atoms with Crippen LogP contribution in [0.15, 0.2) is 47.1 Å². The summed E-state index contributed by atoms with van der Waals surface area (Å²) in [5, 5.41) is 10.4. The minimum atomic E-state index is -0.717. The van der Waals surface area contributed by atoms with Gasteiger partial charge in [0.05, 0.1) is 6.61 Å². The number of hydrogen-bond donors (Lipinski definition) is 1. The summed E-state index contributed by atoms with van der Waals surface area (Å²) in [6, 6.07) is 13.0. The average Bonchev–Trinajstić information content (AvgIpc) is 3.14. The largest absolute Gasteiger partial charge is 0.494 e. The van der Waals surface area contributed by atoms with E-state index in [0.29, 0.717) is 18.1 Å². The summed E-state index contributed by atoms with van der Waals surface area (Å²) in [4.78, 5) is 12.6. The number of nitrogens with zero attached hydrogens (tertiary/aromatic N) is 2. The Morgan fingerprint density at radius 3 is 2.61 bits per heavy atom. The van der Waals surface area contributed by atoms with Crippen LogP contribution in [0.25, 0.3) is 11.3 Å². The fraction of sp³-hybridized carbons (Fsp3) is 0.286.